The van der Waals surface area contributed by atoms with E-state index in [1.54, 1.807) is 14.2 Å². The van der Waals surface area contributed by atoms with E-state index in [0.717, 1.165) is 30.6 Å². The van der Waals surface area contributed by atoms with Gasteiger partial charge in [-0.3, -0.25) is 4.79 Å². The van der Waals surface area contributed by atoms with E-state index in [1.807, 2.05) is 6.08 Å². The van der Waals surface area contributed by atoms with E-state index in [9.17, 15) is 4.79 Å². The summed E-state index contributed by atoms with van der Waals surface area (Å²) in [4.78, 5) is 15.6. The number of hydrogen-bond acceptors (Lipinski definition) is 4. The summed E-state index contributed by atoms with van der Waals surface area (Å²) in [6, 6.07) is 4.20. The van der Waals surface area contributed by atoms with Crippen molar-refractivity contribution in [3.63, 3.8) is 0 Å². The van der Waals surface area contributed by atoms with Crippen LogP contribution in [-0.2, 0) is 21.2 Å². The Hall–Kier alpha value is -1.79. The Balaban J connectivity index is 2.23. The SMILES string of the molecule is C=CCC[C@]12c3cc(OC)c(OC)cc3CCN1C(=O)C[C@@H]2O[Si](C(C)C)(C(C)C)C(C)C. The number of rotatable bonds is 10. The number of fused-ring (bicyclic) bond motifs is 3. The molecule has 0 aromatic heterocycles. The molecule has 1 amide bonds. The highest BCUT2D eigenvalue weighted by molar-refractivity contribution is 6.77. The minimum absolute atomic E-state index is 0.180. The molecule has 1 fully saturated rings. The molecule has 0 saturated carbocycles. The quantitative estimate of drug-likeness (QED) is 0.299. The lowest BCUT2D eigenvalue weighted by molar-refractivity contribution is -0.132. The minimum Gasteiger partial charge on any atom is -0.493 e. The lowest BCUT2D eigenvalue weighted by atomic mass is 9.75. The maximum absolute atomic E-state index is 13.4. The Morgan fingerprint density at radius 3 is 2.18 bits per heavy atom. The zero-order chi connectivity index (χ0) is 24.6. The predicted octanol–water partition coefficient (Wildman–Crippen LogP) is 6.21. The van der Waals surface area contributed by atoms with Crippen LogP contribution in [0.4, 0.5) is 0 Å². The highest BCUT2D eigenvalue weighted by Gasteiger charge is 2.59. The molecule has 1 aromatic rings. The fraction of sp³-hybridized carbons (Fsp3) is 0.667. The van der Waals surface area contributed by atoms with Crippen molar-refractivity contribution >= 4 is 14.2 Å². The molecule has 33 heavy (non-hydrogen) atoms. The second-order valence-electron chi connectivity index (χ2n) is 10.5. The molecule has 0 spiro atoms. The van der Waals surface area contributed by atoms with Gasteiger partial charge in [0, 0.05) is 6.54 Å². The maximum atomic E-state index is 13.4. The van der Waals surface area contributed by atoms with Gasteiger partial charge >= 0.3 is 0 Å². The van der Waals surface area contributed by atoms with Crippen molar-refractivity contribution in [2.24, 2.45) is 0 Å². The number of allylic oxidation sites excluding steroid dienone is 1. The van der Waals surface area contributed by atoms with Gasteiger partial charge in [-0.2, -0.15) is 0 Å². The van der Waals surface area contributed by atoms with Gasteiger partial charge in [0.05, 0.1) is 32.3 Å². The molecule has 0 radical (unpaired) electrons. The van der Waals surface area contributed by atoms with Crippen molar-refractivity contribution in [3.05, 3.63) is 35.9 Å². The molecule has 1 aromatic carbocycles. The Bertz CT molecular complexity index is 859. The second kappa shape index (κ2) is 9.83. The van der Waals surface area contributed by atoms with Gasteiger partial charge in [0.25, 0.3) is 0 Å². The van der Waals surface area contributed by atoms with Crippen molar-refractivity contribution in [3.8, 4) is 11.5 Å². The number of carbonyl (C=O) groups is 1. The average molecular weight is 474 g/mol. The molecule has 0 N–H and O–H groups in total. The van der Waals surface area contributed by atoms with Crippen molar-refractivity contribution in [2.75, 3.05) is 20.8 Å². The summed E-state index contributed by atoms with van der Waals surface area (Å²) in [5.41, 5.74) is 3.23. The lowest BCUT2D eigenvalue weighted by Crippen LogP contribution is -2.58. The number of benzene rings is 1. The molecule has 0 bridgehead atoms. The Morgan fingerprint density at radius 1 is 1.09 bits per heavy atom. The van der Waals surface area contributed by atoms with Crippen LogP contribution < -0.4 is 9.47 Å². The number of hydrogen-bond donors (Lipinski definition) is 0. The van der Waals surface area contributed by atoms with Gasteiger partial charge in [-0.25, -0.2) is 0 Å². The van der Waals surface area contributed by atoms with Crippen LogP contribution in [0.15, 0.2) is 24.8 Å². The third-order valence-corrected chi connectivity index (χ3v) is 14.2. The van der Waals surface area contributed by atoms with Gasteiger partial charge < -0.3 is 18.8 Å². The van der Waals surface area contributed by atoms with Crippen LogP contribution in [0.5, 0.6) is 11.5 Å². The van der Waals surface area contributed by atoms with E-state index in [1.165, 1.54) is 5.56 Å². The average Bonchev–Trinajstić information content (AvgIpc) is 3.05. The Kier molecular flexibility index (Phi) is 7.69. The van der Waals surface area contributed by atoms with Crippen LogP contribution in [0.25, 0.3) is 0 Å². The molecule has 5 nitrogen and oxygen atoms in total. The van der Waals surface area contributed by atoms with Gasteiger partial charge in [0.15, 0.2) is 11.5 Å². The highest BCUT2D eigenvalue weighted by Crippen LogP contribution is 2.54. The van der Waals surface area contributed by atoms with Gasteiger partial charge in [0.2, 0.25) is 14.2 Å². The van der Waals surface area contributed by atoms with E-state index in [4.69, 9.17) is 13.9 Å². The Labute approximate surface area is 201 Å². The molecule has 2 heterocycles. The van der Waals surface area contributed by atoms with Crippen molar-refractivity contribution in [2.45, 2.75) is 95.5 Å². The summed E-state index contributed by atoms with van der Waals surface area (Å²) >= 11 is 0. The number of carbonyl (C=O) groups excluding carboxylic acids is 1. The Morgan fingerprint density at radius 2 is 1.67 bits per heavy atom. The van der Waals surface area contributed by atoms with Crippen LogP contribution in [0.1, 0.15) is 71.9 Å². The number of ether oxygens (including phenoxy) is 2. The zero-order valence-electron chi connectivity index (χ0n) is 21.9. The van der Waals surface area contributed by atoms with Crippen LogP contribution in [0.2, 0.25) is 16.6 Å². The molecule has 2 aliphatic heterocycles. The highest BCUT2D eigenvalue weighted by atomic mass is 28.4. The zero-order valence-corrected chi connectivity index (χ0v) is 22.9. The van der Waals surface area contributed by atoms with E-state index in [-0.39, 0.29) is 12.0 Å². The van der Waals surface area contributed by atoms with Crippen LogP contribution in [0, 0.1) is 0 Å². The molecule has 184 valence electrons. The summed E-state index contributed by atoms with van der Waals surface area (Å²) < 4.78 is 18.7. The summed E-state index contributed by atoms with van der Waals surface area (Å²) in [6.07, 6.45) is 4.64. The molecule has 0 aliphatic carbocycles. The van der Waals surface area contributed by atoms with Crippen LogP contribution >= 0.6 is 0 Å². The van der Waals surface area contributed by atoms with E-state index < -0.39 is 13.9 Å². The molecule has 1 saturated heterocycles. The smallest absolute Gasteiger partial charge is 0.226 e. The largest absolute Gasteiger partial charge is 0.493 e. The molecule has 0 unspecified atom stereocenters. The predicted molar refractivity (Wildman–Crippen MR) is 137 cm³/mol. The fourth-order valence-electron chi connectivity index (χ4n) is 6.79. The molecular formula is C27H43NO4Si. The van der Waals surface area contributed by atoms with E-state index in [2.05, 4.69) is 65.2 Å². The molecule has 6 heteroatoms. The van der Waals surface area contributed by atoms with Gasteiger partial charge in [0.1, 0.15) is 0 Å². The third-order valence-electron chi connectivity index (χ3n) is 8.14. The molecule has 2 atom stereocenters. The second-order valence-corrected chi connectivity index (χ2v) is 15.9. The van der Waals surface area contributed by atoms with E-state index >= 15 is 0 Å². The molecule has 3 rings (SSSR count). The van der Waals surface area contributed by atoms with Gasteiger partial charge in [-0.15, -0.1) is 6.58 Å². The fourth-order valence-corrected chi connectivity index (χ4v) is 12.4. The van der Waals surface area contributed by atoms with Crippen LogP contribution in [0.3, 0.4) is 0 Å². The first-order valence-corrected chi connectivity index (χ1v) is 14.6. The summed E-state index contributed by atoms with van der Waals surface area (Å²) in [5.74, 6) is 1.64. The number of nitrogens with zero attached hydrogens (tertiary/aromatic N) is 1. The monoisotopic (exact) mass is 473 g/mol. The topological polar surface area (TPSA) is 48.0 Å². The first-order chi connectivity index (χ1) is 15.6. The van der Waals surface area contributed by atoms with Gasteiger partial charge in [-0.1, -0.05) is 47.6 Å². The third kappa shape index (κ3) is 4.03. The van der Waals surface area contributed by atoms with Gasteiger partial charge in [-0.05, 0) is 59.1 Å². The first kappa shape index (κ1) is 25.8. The van der Waals surface area contributed by atoms with Crippen molar-refractivity contribution in [1.82, 2.24) is 4.90 Å². The first-order valence-electron chi connectivity index (χ1n) is 12.4. The number of methoxy groups -OCH3 is 2. The summed E-state index contributed by atoms with van der Waals surface area (Å²) in [6.45, 7) is 18.5. The van der Waals surface area contributed by atoms with Crippen LogP contribution in [-0.4, -0.2) is 46.0 Å². The van der Waals surface area contributed by atoms with Crippen molar-refractivity contribution < 1.29 is 18.7 Å². The summed E-state index contributed by atoms with van der Waals surface area (Å²) in [7, 11) is 1.14. The molecular weight excluding hydrogens is 430 g/mol. The minimum atomic E-state index is -2.21. The standard InChI is InChI=1S/C27H43NO4Si/c1-10-11-13-27-22-16-24(31-9)23(30-8)15-21(22)12-14-28(27)26(29)17-25(27)32-33(18(2)3,19(4)5)20(6)7/h10,15-16,18-20,25H,1,11-14,17H2,2-9H3/t25-,27+/m0/s1. The number of amides is 1. The van der Waals surface area contributed by atoms with Crippen molar-refractivity contribution in [1.29, 1.82) is 0 Å². The normalized spacial score (nSPS) is 22.7. The van der Waals surface area contributed by atoms with E-state index in [0.29, 0.717) is 35.3 Å². The lowest BCUT2D eigenvalue weighted by Gasteiger charge is -2.51. The maximum Gasteiger partial charge on any atom is 0.226 e. The molecule has 2 aliphatic rings. The summed E-state index contributed by atoms with van der Waals surface area (Å²) in [5, 5.41) is 0.